The second-order valence-corrected chi connectivity index (χ2v) is 6.61. The Morgan fingerprint density at radius 2 is 1.23 bits per heavy atom. The third kappa shape index (κ3) is 42.6. The first-order valence-corrected chi connectivity index (χ1v) is 11.9. The van der Waals surface area contributed by atoms with Crippen LogP contribution in [0.25, 0.3) is 0 Å². The number of carboxylic acids is 1. The zero-order valence-electron chi connectivity index (χ0n) is 22.4. The van der Waals surface area contributed by atoms with Gasteiger partial charge >= 0.3 is 17.9 Å². The Morgan fingerprint density at radius 3 is 1.56 bits per heavy atom. The molecule has 8 N–H and O–H groups in total. The van der Waals surface area contributed by atoms with Gasteiger partial charge in [-0.3, -0.25) is 4.79 Å². The Morgan fingerprint density at radius 1 is 0.821 bits per heavy atom. The summed E-state index contributed by atoms with van der Waals surface area (Å²) >= 11 is 0. The number of rotatable bonds is 19. The van der Waals surface area contributed by atoms with E-state index < -0.39 is 24.5 Å². The van der Waals surface area contributed by atoms with Crippen molar-refractivity contribution < 1.29 is 57.4 Å². The van der Waals surface area contributed by atoms with Gasteiger partial charge in [0, 0.05) is 33.1 Å². The molecule has 0 unspecified atom stereocenters. The number of nitrogens with two attached hydrogens (primary N) is 3. The number of nitriles is 1. The summed E-state index contributed by atoms with van der Waals surface area (Å²) in [5.41, 5.74) is 15.6. The van der Waals surface area contributed by atoms with Crippen molar-refractivity contribution in [3.8, 4) is 6.07 Å². The van der Waals surface area contributed by atoms with E-state index in [1.807, 2.05) is 0 Å². The maximum atomic E-state index is 11.1. The summed E-state index contributed by atoms with van der Waals surface area (Å²) in [7, 11) is 0. The van der Waals surface area contributed by atoms with Crippen molar-refractivity contribution in [3.05, 3.63) is 0 Å². The van der Waals surface area contributed by atoms with Crippen LogP contribution in [0.5, 0.6) is 0 Å². The van der Waals surface area contributed by atoms with Gasteiger partial charge in [-0.05, 0) is 0 Å². The number of nitrogens with zero attached hydrogens (tertiary/aromatic N) is 1. The van der Waals surface area contributed by atoms with Crippen molar-refractivity contribution in [2.75, 3.05) is 105 Å². The van der Waals surface area contributed by atoms with E-state index in [4.69, 9.17) is 46.5 Å². The van der Waals surface area contributed by atoms with Gasteiger partial charge in [0.2, 0.25) is 5.91 Å². The van der Waals surface area contributed by atoms with Gasteiger partial charge in [0.25, 0.3) is 0 Å². The predicted molar refractivity (Wildman–Crippen MR) is 135 cm³/mol. The van der Waals surface area contributed by atoms with Crippen molar-refractivity contribution in [2.24, 2.45) is 17.2 Å². The second kappa shape index (κ2) is 35.2. The lowest BCUT2D eigenvalue weighted by atomic mass is 10.6. The molecule has 0 aromatic heterocycles. The third-order valence-electron chi connectivity index (χ3n) is 3.23. The molecular weight excluding hydrogens is 526 g/mol. The van der Waals surface area contributed by atoms with Crippen LogP contribution in [0.2, 0.25) is 0 Å². The average Bonchev–Trinajstić information content (AvgIpc) is 2.89. The first kappa shape index (κ1) is 40.7. The van der Waals surface area contributed by atoms with Crippen LogP contribution in [0.4, 0.5) is 0 Å². The minimum Gasteiger partial charge on any atom is -0.480 e. The van der Waals surface area contributed by atoms with Crippen LogP contribution >= 0.6 is 0 Å². The summed E-state index contributed by atoms with van der Waals surface area (Å²) in [6.45, 7) is 6.60. The molecule has 1 aliphatic heterocycles. The number of nitrogens with one attached hydrogen (secondary N) is 1. The molecular formula is C22H43N5O12. The predicted octanol–water partition coefficient (Wildman–Crippen LogP) is -3.25. The smallest absolute Gasteiger partial charge is 0.339 e. The summed E-state index contributed by atoms with van der Waals surface area (Å²) in [5, 5.41) is 18.1. The van der Waals surface area contributed by atoms with E-state index in [1.165, 1.54) is 6.92 Å². The lowest BCUT2D eigenvalue weighted by molar-refractivity contribution is -0.174. The molecule has 1 rings (SSSR count). The normalized spacial score (nSPS) is 11.8. The summed E-state index contributed by atoms with van der Waals surface area (Å²) < 4.78 is 33.5. The van der Waals surface area contributed by atoms with E-state index in [0.29, 0.717) is 79.0 Å². The summed E-state index contributed by atoms with van der Waals surface area (Å²) in [6, 6.07) is 1.75. The number of hydrogen-bond acceptors (Lipinski definition) is 15. The minimum atomic E-state index is -1.11. The fraction of sp³-hybridized carbons (Fsp3) is 0.773. The van der Waals surface area contributed by atoms with Gasteiger partial charge in [-0.15, -0.1) is 0 Å². The van der Waals surface area contributed by atoms with Crippen LogP contribution in [0.1, 0.15) is 6.92 Å². The molecule has 228 valence electrons. The molecule has 0 bridgehead atoms. The fourth-order valence-corrected chi connectivity index (χ4v) is 1.84. The number of ether oxygens (including phenoxy) is 7. The maximum absolute atomic E-state index is 11.1. The number of carboxylic acid groups (broad SMARTS) is 1. The molecule has 0 radical (unpaired) electrons. The quantitative estimate of drug-likeness (QED) is 0.0580. The zero-order valence-corrected chi connectivity index (χ0v) is 22.4. The van der Waals surface area contributed by atoms with Crippen LogP contribution in [0, 0.1) is 11.3 Å². The Bertz CT molecular complexity index is 627. The van der Waals surface area contributed by atoms with Gasteiger partial charge in [-0.1, -0.05) is 0 Å². The highest BCUT2D eigenvalue weighted by molar-refractivity contribution is 5.88. The average molecular weight is 570 g/mol. The van der Waals surface area contributed by atoms with Gasteiger partial charge in [0.1, 0.15) is 26.4 Å². The van der Waals surface area contributed by atoms with Gasteiger partial charge in [0.15, 0.2) is 0 Å². The molecule has 1 aliphatic rings. The Balaban J connectivity index is -0.000000516. The van der Waals surface area contributed by atoms with E-state index in [9.17, 15) is 19.2 Å². The molecule has 0 spiro atoms. The molecule has 0 aromatic rings. The van der Waals surface area contributed by atoms with Gasteiger partial charge in [0.05, 0.1) is 58.9 Å². The standard InChI is InChI=1S/C10H20N2O6.C6H16N2O2.C4H4O4.C2H3N/c11-1-3-16-5-6-17-4-2-12-9(13)7-18-8-10(14)15;7-1-3-9-5-6-10-4-2-8;5-3-1-7-2-4(6)8-3;1-2-3/h1-8,11H2,(H,12,13)(H,14,15);1-8H2;1-2H2;1H3. The third-order valence-corrected chi connectivity index (χ3v) is 3.23. The van der Waals surface area contributed by atoms with Crippen LogP contribution < -0.4 is 22.5 Å². The van der Waals surface area contributed by atoms with Gasteiger partial charge in [-0.2, -0.15) is 5.26 Å². The molecule has 0 aliphatic carbocycles. The van der Waals surface area contributed by atoms with Gasteiger partial charge in [-0.25, -0.2) is 14.4 Å². The fourth-order valence-electron chi connectivity index (χ4n) is 1.84. The van der Waals surface area contributed by atoms with E-state index in [-0.39, 0.29) is 25.7 Å². The zero-order chi connectivity index (χ0) is 30.0. The van der Waals surface area contributed by atoms with Gasteiger partial charge < -0.3 is 60.8 Å². The number of amides is 1. The van der Waals surface area contributed by atoms with Crippen LogP contribution in [0.3, 0.4) is 0 Å². The first-order valence-electron chi connectivity index (χ1n) is 11.9. The maximum Gasteiger partial charge on any atom is 0.339 e. The number of carbonyl (C=O) groups is 4. The van der Waals surface area contributed by atoms with Crippen LogP contribution in [0.15, 0.2) is 0 Å². The van der Waals surface area contributed by atoms with Crippen molar-refractivity contribution in [1.29, 1.82) is 5.26 Å². The monoisotopic (exact) mass is 569 g/mol. The summed E-state index contributed by atoms with van der Waals surface area (Å²) in [6.07, 6.45) is 0. The van der Waals surface area contributed by atoms with Crippen molar-refractivity contribution in [3.63, 3.8) is 0 Å². The minimum absolute atomic E-state index is 0.105. The molecule has 0 aromatic carbocycles. The summed E-state index contributed by atoms with van der Waals surface area (Å²) in [5.74, 6) is -2.70. The molecule has 0 atom stereocenters. The lowest BCUT2D eigenvalue weighted by Gasteiger charge is -2.07. The molecule has 39 heavy (non-hydrogen) atoms. The van der Waals surface area contributed by atoms with Crippen molar-refractivity contribution in [1.82, 2.24) is 5.32 Å². The first-order chi connectivity index (χ1) is 18.8. The van der Waals surface area contributed by atoms with Crippen LogP contribution in [-0.2, 0) is 52.3 Å². The van der Waals surface area contributed by atoms with Crippen molar-refractivity contribution >= 4 is 23.8 Å². The number of cyclic esters (lactones) is 2. The number of aliphatic carboxylic acids is 1. The van der Waals surface area contributed by atoms with E-state index in [1.54, 1.807) is 6.07 Å². The molecule has 1 heterocycles. The molecule has 1 saturated heterocycles. The molecule has 17 nitrogen and oxygen atoms in total. The SMILES string of the molecule is CC#N.NCCOCCOCCN.NCCOCCOCCNC(=O)COCC(=O)O.O=C1COCC(=O)O1. The van der Waals surface area contributed by atoms with Crippen LogP contribution in [-0.4, -0.2) is 134 Å². The largest absolute Gasteiger partial charge is 0.480 e. The summed E-state index contributed by atoms with van der Waals surface area (Å²) in [4.78, 5) is 41.4. The second-order valence-electron chi connectivity index (χ2n) is 6.61. The molecule has 1 amide bonds. The highest BCUT2D eigenvalue weighted by Gasteiger charge is 2.16. The number of carbonyl (C=O) groups excluding carboxylic acids is 3. The Labute approximate surface area is 228 Å². The molecule has 1 fully saturated rings. The van der Waals surface area contributed by atoms with Crippen molar-refractivity contribution in [2.45, 2.75) is 6.92 Å². The Hall–Kier alpha value is -2.79. The highest BCUT2D eigenvalue weighted by Crippen LogP contribution is 1.91. The lowest BCUT2D eigenvalue weighted by Crippen LogP contribution is -2.31. The van der Waals surface area contributed by atoms with E-state index in [0.717, 1.165) is 0 Å². The highest BCUT2D eigenvalue weighted by atomic mass is 16.6. The van der Waals surface area contributed by atoms with E-state index in [2.05, 4.69) is 19.5 Å². The topological polar surface area (TPSA) is 267 Å². The molecule has 17 heteroatoms. The number of esters is 2. The Kier molecular flexibility index (Phi) is 36.7. The molecule has 0 saturated carbocycles. The van der Waals surface area contributed by atoms with E-state index >= 15 is 0 Å². The number of hydrogen-bond donors (Lipinski definition) is 5.